The quantitative estimate of drug-likeness (QED) is 0.757. The van der Waals surface area contributed by atoms with Crippen LogP contribution in [0.1, 0.15) is 53.7 Å². The van der Waals surface area contributed by atoms with Crippen LogP contribution in [0.15, 0.2) is 30.3 Å². The van der Waals surface area contributed by atoms with E-state index in [1.54, 1.807) is 21.7 Å². The Bertz CT molecular complexity index is 851. The Balaban J connectivity index is 2.26. The van der Waals surface area contributed by atoms with Crippen LogP contribution in [0.2, 0.25) is 0 Å². The highest BCUT2D eigenvalue weighted by atomic mass is 19.1. The van der Waals surface area contributed by atoms with Crippen molar-refractivity contribution in [3.63, 3.8) is 0 Å². The Morgan fingerprint density at radius 1 is 1.21 bits per heavy atom. The molecule has 0 bridgehead atoms. The molecule has 0 aliphatic heterocycles. The summed E-state index contributed by atoms with van der Waals surface area (Å²) in [6, 6.07) is 7.73. The zero-order valence-corrected chi connectivity index (χ0v) is 18.1. The average molecular weight is 403 g/mol. The van der Waals surface area contributed by atoms with Gasteiger partial charge in [-0.2, -0.15) is 5.10 Å². The Morgan fingerprint density at radius 2 is 1.83 bits per heavy atom. The predicted molar refractivity (Wildman–Crippen MR) is 113 cm³/mol. The van der Waals surface area contributed by atoms with Crippen molar-refractivity contribution >= 4 is 17.6 Å². The number of nitrogens with zero attached hydrogens (tertiary/aromatic N) is 3. The number of amides is 2. The summed E-state index contributed by atoms with van der Waals surface area (Å²) in [5.74, 6) is 0.0327. The fraction of sp³-hybridized carbons (Fsp3) is 0.500. The van der Waals surface area contributed by atoms with E-state index >= 15 is 0 Å². The van der Waals surface area contributed by atoms with Gasteiger partial charge in [0.25, 0.3) is 0 Å². The fourth-order valence-corrected chi connectivity index (χ4v) is 2.83. The van der Waals surface area contributed by atoms with Crippen LogP contribution in [0.3, 0.4) is 0 Å². The average Bonchev–Trinajstić information content (AvgIpc) is 3.03. The second-order valence-corrected chi connectivity index (χ2v) is 8.61. The van der Waals surface area contributed by atoms with Crippen molar-refractivity contribution in [2.75, 3.05) is 18.4 Å². The maximum atomic E-state index is 13.3. The second kappa shape index (κ2) is 9.20. The molecule has 158 valence electrons. The maximum absolute atomic E-state index is 13.3. The number of anilines is 1. The van der Waals surface area contributed by atoms with E-state index in [-0.39, 0.29) is 35.5 Å². The highest BCUT2D eigenvalue weighted by molar-refractivity contribution is 5.94. The van der Waals surface area contributed by atoms with Crippen LogP contribution in [0.4, 0.5) is 10.2 Å². The topological polar surface area (TPSA) is 67.2 Å². The zero-order chi connectivity index (χ0) is 21.8. The van der Waals surface area contributed by atoms with Crippen LogP contribution < -0.4 is 5.32 Å². The first-order valence-corrected chi connectivity index (χ1v) is 9.95. The second-order valence-electron chi connectivity index (χ2n) is 8.61. The number of hydrogen-bond acceptors (Lipinski definition) is 3. The van der Waals surface area contributed by atoms with Crippen molar-refractivity contribution < 1.29 is 14.0 Å². The summed E-state index contributed by atoms with van der Waals surface area (Å²) in [4.78, 5) is 26.5. The van der Waals surface area contributed by atoms with E-state index in [2.05, 4.69) is 10.4 Å². The first-order chi connectivity index (χ1) is 13.5. The number of halogens is 1. The van der Waals surface area contributed by atoms with Gasteiger partial charge in [-0.15, -0.1) is 0 Å². The first-order valence-electron chi connectivity index (χ1n) is 9.95. The molecule has 1 aromatic carbocycles. The molecule has 7 heteroatoms. The van der Waals surface area contributed by atoms with Crippen molar-refractivity contribution in [2.24, 2.45) is 5.92 Å². The maximum Gasteiger partial charge on any atom is 0.245 e. The predicted octanol–water partition coefficient (Wildman–Crippen LogP) is 4.14. The van der Waals surface area contributed by atoms with Crippen LogP contribution >= 0.6 is 0 Å². The smallest absolute Gasteiger partial charge is 0.245 e. The molecule has 29 heavy (non-hydrogen) atoms. The summed E-state index contributed by atoms with van der Waals surface area (Å²) in [7, 11) is 0. The summed E-state index contributed by atoms with van der Waals surface area (Å²) in [5.41, 5.74) is 1.20. The standard InChI is InChI=1S/C22H31FN4O2/c1-7-26(21(29)12-15(2)3)14-20(28)24-19-13-18(22(4,5)6)25-27(19)17-10-8-16(23)9-11-17/h8-11,13,15H,7,12,14H2,1-6H3,(H,24,28). The van der Waals surface area contributed by atoms with Gasteiger partial charge in [-0.3, -0.25) is 9.59 Å². The van der Waals surface area contributed by atoms with E-state index in [9.17, 15) is 14.0 Å². The van der Waals surface area contributed by atoms with E-state index in [0.29, 0.717) is 24.5 Å². The number of likely N-dealkylation sites (N-methyl/N-ethyl adjacent to an activating group) is 1. The number of rotatable bonds is 7. The summed E-state index contributed by atoms with van der Waals surface area (Å²) < 4.78 is 14.9. The Labute approximate surface area is 172 Å². The highest BCUT2D eigenvalue weighted by Gasteiger charge is 2.23. The molecule has 0 saturated carbocycles. The third-order valence-corrected chi connectivity index (χ3v) is 4.47. The molecule has 0 radical (unpaired) electrons. The van der Waals surface area contributed by atoms with E-state index < -0.39 is 0 Å². The summed E-state index contributed by atoms with van der Waals surface area (Å²) >= 11 is 0. The first kappa shape index (κ1) is 22.6. The molecule has 0 aliphatic carbocycles. The van der Waals surface area contributed by atoms with Gasteiger partial charge in [-0.25, -0.2) is 9.07 Å². The van der Waals surface area contributed by atoms with Crippen LogP contribution in [0, 0.1) is 11.7 Å². The van der Waals surface area contributed by atoms with Crippen molar-refractivity contribution in [1.82, 2.24) is 14.7 Å². The molecule has 1 aromatic heterocycles. The van der Waals surface area contributed by atoms with Gasteiger partial charge < -0.3 is 10.2 Å². The van der Waals surface area contributed by atoms with Gasteiger partial charge >= 0.3 is 0 Å². The molecule has 0 unspecified atom stereocenters. The van der Waals surface area contributed by atoms with Crippen LogP contribution in [0.5, 0.6) is 0 Å². The number of carbonyl (C=O) groups is 2. The SMILES string of the molecule is CCN(CC(=O)Nc1cc(C(C)(C)C)nn1-c1ccc(F)cc1)C(=O)CC(C)C. The lowest BCUT2D eigenvalue weighted by Crippen LogP contribution is -2.38. The van der Waals surface area contributed by atoms with Gasteiger partial charge in [-0.1, -0.05) is 34.6 Å². The third kappa shape index (κ3) is 6.14. The lowest BCUT2D eigenvalue weighted by Gasteiger charge is -2.21. The Kier molecular flexibility index (Phi) is 7.16. The molecule has 2 aromatic rings. The van der Waals surface area contributed by atoms with Crippen LogP contribution in [0.25, 0.3) is 5.69 Å². The number of nitrogens with one attached hydrogen (secondary N) is 1. The van der Waals surface area contributed by atoms with Crippen molar-refractivity contribution in [3.8, 4) is 5.69 Å². The van der Waals surface area contributed by atoms with Gasteiger partial charge in [0.15, 0.2) is 0 Å². The lowest BCUT2D eigenvalue weighted by atomic mass is 9.92. The Hall–Kier alpha value is -2.70. The molecule has 2 amide bonds. The summed E-state index contributed by atoms with van der Waals surface area (Å²) in [6.45, 7) is 12.3. The van der Waals surface area contributed by atoms with Gasteiger partial charge in [-0.05, 0) is 37.1 Å². The fourth-order valence-electron chi connectivity index (χ4n) is 2.83. The van der Waals surface area contributed by atoms with Crippen LogP contribution in [-0.2, 0) is 15.0 Å². The summed E-state index contributed by atoms with van der Waals surface area (Å²) in [5, 5.41) is 7.47. The van der Waals surface area contributed by atoms with E-state index in [1.165, 1.54) is 12.1 Å². The molecular weight excluding hydrogens is 371 g/mol. The van der Waals surface area contributed by atoms with Crippen LogP contribution in [-0.4, -0.2) is 39.6 Å². The number of carbonyl (C=O) groups excluding carboxylic acids is 2. The zero-order valence-electron chi connectivity index (χ0n) is 18.1. The molecule has 2 rings (SSSR count). The van der Waals surface area contributed by atoms with Crippen molar-refractivity contribution in [2.45, 2.75) is 53.4 Å². The summed E-state index contributed by atoms with van der Waals surface area (Å²) in [6.07, 6.45) is 0.406. The highest BCUT2D eigenvalue weighted by Crippen LogP contribution is 2.26. The minimum absolute atomic E-state index is 0.0263. The Morgan fingerprint density at radius 3 is 2.34 bits per heavy atom. The van der Waals surface area contributed by atoms with Gasteiger partial charge in [0.1, 0.15) is 11.6 Å². The number of aromatic nitrogens is 2. The minimum atomic E-state index is -0.343. The molecular formula is C22H31FN4O2. The van der Waals surface area contributed by atoms with Gasteiger partial charge in [0, 0.05) is 24.4 Å². The van der Waals surface area contributed by atoms with Gasteiger partial charge in [0.2, 0.25) is 11.8 Å². The van der Waals surface area contributed by atoms with E-state index in [1.807, 2.05) is 47.6 Å². The number of benzene rings is 1. The molecule has 0 atom stereocenters. The van der Waals surface area contributed by atoms with Crippen molar-refractivity contribution in [3.05, 3.63) is 41.8 Å². The molecule has 1 heterocycles. The van der Waals surface area contributed by atoms with Gasteiger partial charge in [0.05, 0.1) is 17.9 Å². The third-order valence-electron chi connectivity index (χ3n) is 4.47. The molecule has 0 aliphatic rings. The largest absolute Gasteiger partial charge is 0.334 e. The van der Waals surface area contributed by atoms with Crippen molar-refractivity contribution in [1.29, 1.82) is 0 Å². The molecule has 0 saturated heterocycles. The minimum Gasteiger partial charge on any atom is -0.334 e. The molecule has 1 N–H and O–H groups in total. The molecule has 0 spiro atoms. The van der Waals surface area contributed by atoms with E-state index in [0.717, 1.165) is 5.69 Å². The molecule has 0 fully saturated rings. The normalized spacial score (nSPS) is 11.6. The molecule has 6 nitrogen and oxygen atoms in total. The number of hydrogen-bond donors (Lipinski definition) is 1. The monoisotopic (exact) mass is 402 g/mol. The lowest BCUT2D eigenvalue weighted by molar-refractivity contribution is -0.135. The van der Waals surface area contributed by atoms with E-state index in [4.69, 9.17) is 0 Å².